The fourth-order valence-electron chi connectivity index (χ4n) is 2.63. The first-order chi connectivity index (χ1) is 10.4. The quantitative estimate of drug-likeness (QED) is 0.848. The number of β-amino-alcohol motifs (C(OH)–C–C–N with tert-alkyl or cyclic N) is 1. The number of aromatic nitrogens is 1. The average Bonchev–Trinajstić information content (AvgIpc) is 2.89. The Kier molecular flexibility index (Phi) is 4.97. The van der Waals surface area contributed by atoms with Gasteiger partial charge >= 0.3 is 0 Å². The summed E-state index contributed by atoms with van der Waals surface area (Å²) < 4.78 is 4.99. The number of likely N-dealkylation sites (N-methyl/N-ethyl adjacent to an activating group) is 1. The van der Waals surface area contributed by atoms with Crippen LogP contribution in [0.15, 0.2) is 18.3 Å². The first-order valence-electron chi connectivity index (χ1n) is 7.11. The van der Waals surface area contributed by atoms with E-state index >= 15 is 0 Å². The highest BCUT2D eigenvalue weighted by atomic mass is 16.5. The number of aliphatic hydroxyl groups excluding tert-OH is 1. The number of likely N-dealkylation sites (tertiary alicyclic amines) is 1. The molecule has 1 aromatic heterocycles. The van der Waals surface area contributed by atoms with Crippen molar-refractivity contribution in [2.75, 3.05) is 20.7 Å². The van der Waals surface area contributed by atoms with Crippen molar-refractivity contribution in [3.8, 4) is 5.88 Å². The SMILES string of the molecule is COc1ccc(CN(C)C(=O)[C@H]2C[C@H](O)CN2C(C)=O)cn1. The Morgan fingerprint density at radius 1 is 1.50 bits per heavy atom. The molecule has 0 aliphatic carbocycles. The molecule has 1 aliphatic rings. The van der Waals surface area contributed by atoms with E-state index < -0.39 is 12.1 Å². The van der Waals surface area contributed by atoms with Gasteiger partial charge in [-0.1, -0.05) is 6.07 Å². The zero-order chi connectivity index (χ0) is 16.3. The molecule has 7 nitrogen and oxygen atoms in total. The van der Waals surface area contributed by atoms with Crippen LogP contribution in [0.3, 0.4) is 0 Å². The third-order valence-electron chi connectivity index (χ3n) is 3.77. The van der Waals surface area contributed by atoms with Crippen LogP contribution in [0.4, 0.5) is 0 Å². The average molecular weight is 307 g/mol. The van der Waals surface area contributed by atoms with Gasteiger partial charge in [-0.3, -0.25) is 9.59 Å². The molecule has 0 unspecified atom stereocenters. The van der Waals surface area contributed by atoms with Crippen LogP contribution < -0.4 is 4.74 Å². The molecule has 22 heavy (non-hydrogen) atoms. The van der Waals surface area contributed by atoms with Crippen molar-refractivity contribution in [2.45, 2.75) is 32.0 Å². The van der Waals surface area contributed by atoms with E-state index in [0.717, 1.165) is 5.56 Å². The second-order valence-corrected chi connectivity index (χ2v) is 5.48. The van der Waals surface area contributed by atoms with Crippen LogP contribution in [0.5, 0.6) is 5.88 Å². The van der Waals surface area contributed by atoms with Crippen molar-refractivity contribution in [1.29, 1.82) is 0 Å². The summed E-state index contributed by atoms with van der Waals surface area (Å²) in [6.07, 6.45) is 1.28. The molecular weight excluding hydrogens is 286 g/mol. The van der Waals surface area contributed by atoms with E-state index in [2.05, 4.69) is 4.98 Å². The van der Waals surface area contributed by atoms with Crippen molar-refractivity contribution < 1.29 is 19.4 Å². The van der Waals surface area contributed by atoms with E-state index in [9.17, 15) is 14.7 Å². The molecule has 1 N–H and O–H groups in total. The van der Waals surface area contributed by atoms with Crippen LogP contribution in [0.1, 0.15) is 18.9 Å². The molecule has 1 saturated heterocycles. The van der Waals surface area contributed by atoms with Gasteiger partial charge < -0.3 is 19.6 Å². The first-order valence-corrected chi connectivity index (χ1v) is 7.11. The Bertz CT molecular complexity index is 546. The van der Waals surface area contributed by atoms with Crippen LogP contribution in [-0.4, -0.2) is 64.6 Å². The fourth-order valence-corrected chi connectivity index (χ4v) is 2.63. The minimum absolute atomic E-state index is 0.178. The molecule has 2 heterocycles. The maximum atomic E-state index is 12.5. The van der Waals surface area contributed by atoms with Gasteiger partial charge in [-0.15, -0.1) is 0 Å². The van der Waals surface area contributed by atoms with Crippen molar-refractivity contribution in [3.63, 3.8) is 0 Å². The molecule has 0 bridgehead atoms. The summed E-state index contributed by atoms with van der Waals surface area (Å²) in [5, 5.41) is 9.71. The minimum atomic E-state index is -0.645. The number of methoxy groups -OCH3 is 1. The second-order valence-electron chi connectivity index (χ2n) is 5.48. The third-order valence-corrected chi connectivity index (χ3v) is 3.77. The summed E-state index contributed by atoms with van der Waals surface area (Å²) in [6.45, 7) is 2.00. The van der Waals surface area contributed by atoms with E-state index in [1.54, 1.807) is 31.3 Å². The summed E-state index contributed by atoms with van der Waals surface area (Å²) in [4.78, 5) is 31.2. The van der Waals surface area contributed by atoms with Gasteiger partial charge in [0, 0.05) is 45.7 Å². The molecule has 1 aromatic rings. The van der Waals surface area contributed by atoms with E-state index in [1.165, 1.54) is 11.8 Å². The summed E-state index contributed by atoms with van der Waals surface area (Å²) in [7, 11) is 3.22. The number of hydrogen-bond donors (Lipinski definition) is 1. The maximum Gasteiger partial charge on any atom is 0.245 e. The molecule has 0 radical (unpaired) electrons. The number of ether oxygens (including phenoxy) is 1. The van der Waals surface area contributed by atoms with Crippen molar-refractivity contribution in [1.82, 2.24) is 14.8 Å². The zero-order valence-corrected chi connectivity index (χ0v) is 13.0. The minimum Gasteiger partial charge on any atom is -0.481 e. The topological polar surface area (TPSA) is 83.0 Å². The van der Waals surface area contributed by atoms with Gasteiger partial charge in [-0.2, -0.15) is 0 Å². The summed E-state index contributed by atoms with van der Waals surface area (Å²) >= 11 is 0. The number of pyridine rings is 1. The molecule has 0 aromatic carbocycles. The highest BCUT2D eigenvalue weighted by molar-refractivity contribution is 5.87. The number of nitrogens with zero attached hydrogens (tertiary/aromatic N) is 3. The normalized spacial score (nSPS) is 20.8. The molecule has 2 rings (SSSR count). The highest BCUT2D eigenvalue weighted by Gasteiger charge is 2.38. The van der Waals surface area contributed by atoms with Crippen LogP contribution in [-0.2, 0) is 16.1 Å². The number of carbonyl (C=O) groups is 2. The van der Waals surface area contributed by atoms with Gasteiger partial charge in [0.05, 0.1) is 13.2 Å². The van der Waals surface area contributed by atoms with Gasteiger partial charge in [0.1, 0.15) is 6.04 Å². The van der Waals surface area contributed by atoms with Crippen LogP contribution in [0.2, 0.25) is 0 Å². The monoisotopic (exact) mass is 307 g/mol. The number of rotatable bonds is 4. The maximum absolute atomic E-state index is 12.5. The fraction of sp³-hybridized carbons (Fsp3) is 0.533. The second kappa shape index (κ2) is 6.74. The van der Waals surface area contributed by atoms with Crippen LogP contribution in [0, 0.1) is 0 Å². The Balaban J connectivity index is 2.03. The molecule has 120 valence electrons. The summed E-state index contributed by atoms with van der Waals surface area (Å²) in [5.74, 6) is 0.136. The van der Waals surface area contributed by atoms with E-state index in [0.29, 0.717) is 12.4 Å². The van der Waals surface area contributed by atoms with Gasteiger partial charge in [-0.05, 0) is 5.56 Å². The van der Waals surface area contributed by atoms with Crippen LogP contribution in [0.25, 0.3) is 0 Å². The highest BCUT2D eigenvalue weighted by Crippen LogP contribution is 2.20. The van der Waals surface area contributed by atoms with Gasteiger partial charge in [0.25, 0.3) is 0 Å². The zero-order valence-electron chi connectivity index (χ0n) is 13.0. The summed E-state index contributed by atoms with van der Waals surface area (Å²) in [5.41, 5.74) is 0.865. The lowest BCUT2D eigenvalue weighted by atomic mass is 10.1. The van der Waals surface area contributed by atoms with E-state index in [4.69, 9.17) is 4.74 Å². The lowest BCUT2D eigenvalue weighted by Crippen LogP contribution is -2.45. The third kappa shape index (κ3) is 3.54. The molecule has 2 amide bonds. The first kappa shape index (κ1) is 16.2. The molecule has 1 aliphatic heterocycles. The molecular formula is C15H21N3O4. The lowest BCUT2D eigenvalue weighted by Gasteiger charge is -2.27. The van der Waals surface area contributed by atoms with E-state index in [1.807, 2.05) is 6.07 Å². The Labute approximate surface area is 129 Å². The molecule has 7 heteroatoms. The largest absolute Gasteiger partial charge is 0.481 e. The number of carbonyl (C=O) groups excluding carboxylic acids is 2. The number of aliphatic hydroxyl groups is 1. The van der Waals surface area contributed by atoms with Gasteiger partial charge in [0.2, 0.25) is 17.7 Å². The van der Waals surface area contributed by atoms with Gasteiger partial charge in [0.15, 0.2) is 0 Å². The van der Waals surface area contributed by atoms with Crippen molar-refractivity contribution >= 4 is 11.8 Å². The Morgan fingerprint density at radius 3 is 2.77 bits per heavy atom. The van der Waals surface area contributed by atoms with Crippen LogP contribution >= 0.6 is 0 Å². The number of hydrogen-bond acceptors (Lipinski definition) is 5. The number of amides is 2. The van der Waals surface area contributed by atoms with Crippen molar-refractivity contribution in [2.24, 2.45) is 0 Å². The van der Waals surface area contributed by atoms with Gasteiger partial charge in [-0.25, -0.2) is 4.98 Å². The van der Waals surface area contributed by atoms with E-state index in [-0.39, 0.29) is 24.8 Å². The molecule has 1 fully saturated rings. The predicted octanol–water partition coefficient (Wildman–Crippen LogP) is 0.0303. The predicted molar refractivity (Wildman–Crippen MR) is 79.1 cm³/mol. The standard InChI is InChI=1S/C15H21N3O4/c1-10(19)18-9-12(20)6-13(18)15(21)17(2)8-11-4-5-14(22-3)16-7-11/h4-5,7,12-13,20H,6,8-9H2,1-3H3/t12-,13+/m0/s1. The Morgan fingerprint density at radius 2 is 2.23 bits per heavy atom. The smallest absolute Gasteiger partial charge is 0.245 e. The molecule has 0 spiro atoms. The lowest BCUT2D eigenvalue weighted by molar-refractivity contribution is -0.142. The van der Waals surface area contributed by atoms with Crippen molar-refractivity contribution in [3.05, 3.63) is 23.9 Å². The molecule has 2 atom stereocenters. The molecule has 0 saturated carbocycles. The Hall–Kier alpha value is -2.15. The summed E-state index contributed by atoms with van der Waals surface area (Å²) in [6, 6.07) is 2.97.